The molecular weight excluding hydrogens is 251 g/mol. The molecule has 104 valence electrons. The Hall–Kier alpha value is -1.53. The van der Waals surface area contributed by atoms with Gasteiger partial charge in [0.1, 0.15) is 0 Å². The maximum Gasteiger partial charge on any atom is 0.305 e. The summed E-state index contributed by atoms with van der Waals surface area (Å²) in [6.07, 6.45) is 3.36. The Morgan fingerprint density at radius 3 is 3.05 bits per heavy atom. The molecule has 2 rings (SSSR count). The highest BCUT2D eigenvalue weighted by Gasteiger charge is 2.17. The number of rotatable bonds is 6. The van der Waals surface area contributed by atoms with Gasteiger partial charge >= 0.3 is 5.69 Å². The van der Waals surface area contributed by atoms with Crippen molar-refractivity contribution in [3.63, 3.8) is 0 Å². The monoisotopic (exact) mass is 268 g/mol. The number of hydrogen-bond acceptors (Lipinski definition) is 4. The second kappa shape index (κ2) is 6.58. The SMILES string of the molecule is O=[N+]([O-])c1cccc(CNCCC2CCCO2)c1F. The molecule has 0 amide bonds. The molecule has 1 atom stereocenters. The molecule has 1 aromatic carbocycles. The molecule has 0 bridgehead atoms. The van der Waals surface area contributed by atoms with Gasteiger partial charge in [-0.1, -0.05) is 12.1 Å². The quantitative estimate of drug-likeness (QED) is 0.489. The number of ether oxygens (including phenoxy) is 1. The first-order valence-corrected chi connectivity index (χ1v) is 6.42. The van der Waals surface area contributed by atoms with Crippen LogP contribution in [0.2, 0.25) is 0 Å². The van der Waals surface area contributed by atoms with E-state index in [4.69, 9.17) is 4.74 Å². The predicted molar refractivity (Wildman–Crippen MR) is 68.4 cm³/mol. The highest BCUT2D eigenvalue weighted by molar-refractivity contribution is 5.36. The van der Waals surface area contributed by atoms with Crippen LogP contribution in [-0.2, 0) is 11.3 Å². The van der Waals surface area contributed by atoms with Crippen molar-refractivity contribution in [2.24, 2.45) is 0 Å². The van der Waals surface area contributed by atoms with Crippen LogP contribution in [0.15, 0.2) is 18.2 Å². The van der Waals surface area contributed by atoms with Crippen molar-refractivity contribution in [1.82, 2.24) is 5.32 Å². The third kappa shape index (κ3) is 3.71. The van der Waals surface area contributed by atoms with Gasteiger partial charge in [0.15, 0.2) is 0 Å². The minimum absolute atomic E-state index is 0.292. The number of hydrogen-bond donors (Lipinski definition) is 1. The van der Waals surface area contributed by atoms with Crippen LogP contribution in [-0.4, -0.2) is 24.2 Å². The minimum atomic E-state index is -0.753. The van der Waals surface area contributed by atoms with Crippen molar-refractivity contribution >= 4 is 5.69 Å². The van der Waals surface area contributed by atoms with Crippen LogP contribution in [0.25, 0.3) is 0 Å². The van der Waals surface area contributed by atoms with E-state index in [-0.39, 0.29) is 0 Å². The largest absolute Gasteiger partial charge is 0.378 e. The summed E-state index contributed by atoms with van der Waals surface area (Å²) in [6.45, 7) is 1.83. The molecule has 1 aromatic rings. The van der Waals surface area contributed by atoms with E-state index in [9.17, 15) is 14.5 Å². The molecule has 0 aromatic heterocycles. The van der Waals surface area contributed by atoms with Crippen LogP contribution in [0.5, 0.6) is 0 Å². The van der Waals surface area contributed by atoms with E-state index in [2.05, 4.69) is 5.32 Å². The Morgan fingerprint density at radius 2 is 2.37 bits per heavy atom. The molecule has 5 nitrogen and oxygen atoms in total. The van der Waals surface area contributed by atoms with Gasteiger partial charge in [0.05, 0.1) is 11.0 Å². The lowest BCUT2D eigenvalue weighted by molar-refractivity contribution is -0.387. The second-order valence-corrected chi connectivity index (χ2v) is 4.61. The Morgan fingerprint density at radius 1 is 1.53 bits per heavy atom. The Bertz CT molecular complexity index is 448. The maximum absolute atomic E-state index is 13.7. The summed E-state index contributed by atoms with van der Waals surface area (Å²) in [5.74, 6) is -0.753. The van der Waals surface area contributed by atoms with Gasteiger partial charge in [-0.3, -0.25) is 10.1 Å². The van der Waals surface area contributed by atoms with Crippen LogP contribution in [0.4, 0.5) is 10.1 Å². The zero-order valence-corrected chi connectivity index (χ0v) is 10.6. The van der Waals surface area contributed by atoms with Gasteiger partial charge in [-0.05, 0) is 25.8 Å². The van der Waals surface area contributed by atoms with Gasteiger partial charge in [-0.15, -0.1) is 0 Å². The predicted octanol–water partition coefficient (Wildman–Crippen LogP) is 2.39. The summed E-state index contributed by atoms with van der Waals surface area (Å²) in [5, 5.41) is 13.7. The topological polar surface area (TPSA) is 64.4 Å². The van der Waals surface area contributed by atoms with Gasteiger partial charge in [0.2, 0.25) is 5.82 Å². The zero-order valence-electron chi connectivity index (χ0n) is 10.6. The van der Waals surface area contributed by atoms with E-state index in [1.807, 2.05) is 0 Å². The fourth-order valence-corrected chi connectivity index (χ4v) is 2.20. The van der Waals surface area contributed by atoms with E-state index in [1.54, 1.807) is 6.07 Å². The van der Waals surface area contributed by atoms with E-state index in [0.29, 0.717) is 24.8 Å². The summed E-state index contributed by atoms with van der Waals surface area (Å²) < 4.78 is 19.2. The standard InChI is InChI=1S/C13H17FN2O3/c14-13-10(3-1-5-12(13)16(17)18)9-15-7-6-11-4-2-8-19-11/h1,3,5,11,15H,2,4,6-9H2. The van der Waals surface area contributed by atoms with Gasteiger partial charge in [0.25, 0.3) is 0 Å². The minimum Gasteiger partial charge on any atom is -0.378 e. The van der Waals surface area contributed by atoms with E-state index >= 15 is 0 Å². The summed E-state index contributed by atoms with van der Waals surface area (Å²) in [7, 11) is 0. The molecule has 0 spiro atoms. The van der Waals surface area contributed by atoms with Gasteiger partial charge in [0, 0.05) is 24.8 Å². The van der Waals surface area contributed by atoms with Crippen LogP contribution in [0.1, 0.15) is 24.8 Å². The Labute approximate surface area is 110 Å². The molecular formula is C13H17FN2O3. The lowest BCUT2D eigenvalue weighted by Gasteiger charge is -2.10. The van der Waals surface area contributed by atoms with Gasteiger partial charge in [-0.2, -0.15) is 4.39 Å². The number of nitro groups is 1. The lowest BCUT2D eigenvalue weighted by Crippen LogP contribution is -2.20. The van der Waals surface area contributed by atoms with Crippen LogP contribution < -0.4 is 5.32 Å². The fraction of sp³-hybridized carbons (Fsp3) is 0.538. The molecule has 0 aliphatic carbocycles. The summed E-state index contributed by atoms with van der Waals surface area (Å²) >= 11 is 0. The third-order valence-electron chi connectivity index (χ3n) is 3.24. The highest BCUT2D eigenvalue weighted by Crippen LogP contribution is 2.20. The first-order valence-electron chi connectivity index (χ1n) is 6.42. The van der Waals surface area contributed by atoms with Crippen LogP contribution >= 0.6 is 0 Å². The molecule has 1 aliphatic heterocycles. The first-order chi connectivity index (χ1) is 9.18. The van der Waals surface area contributed by atoms with Crippen molar-refractivity contribution in [1.29, 1.82) is 0 Å². The normalized spacial score (nSPS) is 18.7. The molecule has 1 unspecified atom stereocenters. The number of nitrogens with zero attached hydrogens (tertiary/aromatic N) is 1. The molecule has 19 heavy (non-hydrogen) atoms. The van der Waals surface area contributed by atoms with Crippen molar-refractivity contribution < 1.29 is 14.1 Å². The number of nitro benzene ring substituents is 1. The Kier molecular flexibility index (Phi) is 4.81. The first kappa shape index (κ1) is 13.9. The molecule has 6 heteroatoms. The molecule has 1 N–H and O–H groups in total. The van der Waals surface area contributed by atoms with Crippen LogP contribution in [0.3, 0.4) is 0 Å². The number of benzene rings is 1. The van der Waals surface area contributed by atoms with Gasteiger partial charge in [-0.25, -0.2) is 0 Å². The number of nitrogens with one attached hydrogen (secondary N) is 1. The molecule has 1 aliphatic rings. The van der Waals surface area contributed by atoms with E-state index in [1.165, 1.54) is 12.1 Å². The van der Waals surface area contributed by atoms with Crippen molar-refractivity contribution in [2.45, 2.75) is 31.9 Å². The summed E-state index contributed by atoms with van der Waals surface area (Å²) in [6, 6.07) is 4.23. The maximum atomic E-state index is 13.7. The fourth-order valence-electron chi connectivity index (χ4n) is 2.20. The molecule has 1 heterocycles. The van der Waals surface area contributed by atoms with E-state index in [0.717, 1.165) is 25.9 Å². The zero-order chi connectivity index (χ0) is 13.7. The second-order valence-electron chi connectivity index (χ2n) is 4.61. The molecule has 0 saturated carbocycles. The number of halogens is 1. The lowest BCUT2D eigenvalue weighted by atomic mass is 10.1. The van der Waals surface area contributed by atoms with Crippen molar-refractivity contribution in [3.8, 4) is 0 Å². The van der Waals surface area contributed by atoms with Gasteiger partial charge < -0.3 is 10.1 Å². The molecule has 0 radical (unpaired) electrons. The average molecular weight is 268 g/mol. The average Bonchev–Trinajstić information content (AvgIpc) is 2.89. The van der Waals surface area contributed by atoms with Crippen LogP contribution in [0, 0.1) is 15.9 Å². The summed E-state index contributed by atoms with van der Waals surface area (Å²) in [4.78, 5) is 9.90. The smallest absolute Gasteiger partial charge is 0.305 e. The van der Waals surface area contributed by atoms with Crippen molar-refractivity contribution in [2.75, 3.05) is 13.2 Å². The third-order valence-corrected chi connectivity index (χ3v) is 3.24. The van der Waals surface area contributed by atoms with E-state index < -0.39 is 16.4 Å². The molecule has 1 saturated heterocycles. The molecule has 1 fully saturated rings. The summed E-state index contributed by atoms with van der Waals surface area (Å²) in [5.41, 5.74) is -0.153. The highest BCUT2D eigenvalue weighted by atomic mass is 19.1. The van der Waals surface area contributed by atoms with Crippen molar-refractivity contribution in [3.05, 3.63) is 39.7 Å². The Balaban J connectivity index is 1.82.